The molecule has 1 unspecified atom stereocenters. The van der Waals surface area contributed by atoms with E-state index in [2.05, 4.69) is 19.2 Å². The molecule has 0 aliphatic carbocycles. The molecule has 74 valence electrons. The lowest BCUT2D eigenvalue weighted by Crippen LogP contribution is -2.29. The second-order valence-electron chi connectivity index (χ2n) is 2.48. The van der Waals surface area contributed by atoms with Gasteiger partial charge in [0.2, 0.25) is 0 Å². The molecule has 0 spiro atoms. The number of rotatable bonds is 3. The molecule has 0 aromatic heterocycles. The van der Waals surface area contributed by atoms with Crippen LogP contribution in [-0.4, -0.2) is 29.3 Å². The van der Waals surface area contributed by atoms with Crippen LogP contribution in [0.4, 0.5) is 4.79 Å². The van der Waals surface area contributed by atoms with Crippen molar-refractivity contribution in [3.05, 3.63) is 0 Å². The average molecular weight is 192 g/mol. The van der Waals surface area contributed by atoms with Crippen LogP contribution in [-0.2, 0) is 24.0 Å². The van der Waals surface area contributed by atoms with Crippen LogP contribution in [0.15, 0.2) is 0 Å². The highest BCUT2D eigenvalue weighted by molar-refractivity contribution is 5.76. The Labute approximate surface area is 73.1 Å². The van der Waals surface area contributed by atoms with Crippen LogP contribution in [0.25, 0.3) is 0 Å². The van der Waals surface area contributed by atoms with E-state index in [1.807, 2.05) is 0 Å². The lowest BCUT2D eigenvalue weighted by Gasteiger charge is -2.09. The first-order valence-electron chi connectivity index (χ1n) is 3.42. The minimum Gasteiger partial charge on any atom is -0.450 e. The fourth-order valence-electron chi connectivity index (χ4n) is 0.558. The number of hydrogen-bond donors (Lipinski definition) is 1. The van der Waals surface area contributed by atoms with Gasteiger partial charge in [-0.15, -0.1) is 0 Å². The second kappa shape index (κ2) is 3.19. The summed E-state index contributed by atoms with van der Waals surface area (Å²) in [6, 6.07) is 0. The Morgan fingerprint density at radius 1 is 1.46 bits per heavy atom. The van der Waals surface area contributed by atoms with Gasteiger partial charge in [-0.05, 0) is 6.92 Å². The van der Waals surface area contributed by atoms with E-state index in [9.17, 15) is 9.59 Å². The summed E-state index contributed by atoms with van der Waals surface area (Å²) in [6.45, 7) is 2.60. The molecule has 0 radical (unpaired) electrons. The zero-order valence-electron chi connectivity index (χ0n) is 6.97. The summed E-state index contributed by atoms with van der Waals surface area (Å²) in [4.78, 5) is 29.5. The van der Waals surface area contributed by atoms with Crippen molar-refractivity contribution >= 4 is 12.1 Å². The van der Waals surface area contributed by atoms with E-state index in [1.54, 1.807) is 0 Å². The zero-order valence-corrected chi connectivity index (χ0v) is 6.97. The van der Waals surface area contributed by atoms with Crippen LogP contribution in [0.5, 0.6) is 0 Å². The van der Waals surface area contributed by atoms with Crippen molar-refractivity contribution in [1.82, 2.24) is 0 Å². The topological polar surface area (TPSA) is 97.9 Å². The number of ether oxygens (including phenoxy) is 2. The van der Waals surface area contributed by atoms with Gasteiger partial charge in [0.1, 0.15) is 0 Å². The molecule has 7 nitrogen and oxygen atoms in total. The Hall–Kier alpha value is -1.34. The quantitative estimate of drug-likeness (QED) is 0.388. The molecular weight excluding hydrogens is 184 g/mol. The van der Waals surface area contributed by atoms with Crippen LogP contribution < -0.4 is 0 Å². The Kier molecular flexibility index (Phi) is 2.39. The average Bonchev–Trinajstić information content (AvgIpc) is 2.66. The Morgan fingerprint density at radius 3 is 2.38 bits per heavy atom. The van der Waals surface area contributed by atoms with Crippen molar-refractivity contribution in [2.24, 2.45) is 0 Å². The van der Waals surface area contributed by atoms with Crippen molar-refractivity contribution < 1.29 is 33.9 Å². The van der Waals surface area contributed by atoms with E-state index in [-0.39, 0.29) is 0 Å². The van der Waals surface area contributed by atoms with Gasteiger partial charge in [-0.1, -0.05) is 0 Å². The predicted molar refractivity (Wildman–Crippen MR) is 35.2 cm³/mol. The van der Waals surface area contributed by atoms with E-state index in [0.717, 1.165) is 0 Å². The third-order valence-electron chi connectivity index (χ3n) is 1.21. The molecule has 1 N–H and O–H groups in total. The smallest absolute Gasteiger partial charge is 0.450 e. The molecule has 0 aromatic carbocycles. The number of hydrogen-bond acceptors (Lipinski definition) is 6. The first-order valence-corrected chi connectivity index (χ1v) is 3.42. The highest BCUT2D eigenvalue weighted by atomic mass is 17.4. The molecule has 1 saturated heterocycles. The van der Waals surface area contributed by atoms with Crippen molar-refractivity contribution in [2.45, 2.75) is 25.9 Å². The van der Waals surface area contributed by atoms with Gasteiger partial charge in [0, 0.05) is 6.92 Å². The molecule has 1 aliphatic heterocycles. The number of esters is 1. The van der Waals surface area contributed by atoms with Gasteiger partial charge >= 0.3 is 18.1 Å². The summed E-state index contributed by atoms with van der Waals surface area (Å²) >= 11 is 0. The molecule has 1 fully saturated rings. The summed E-state index contributed by atoms with van der Waals surface area (Å²) in [5.41, 5.74) is 0. The SMILES string of the molecule is CC(OC(=O)O)C(=O)OC1(C)OO1. The van der Waals surface area contributed by atoms with Crippen LogP contribution in [0.2, 0.25) is 0 Å². The minimum absolute atomic E-state index is 0.873. The molecule has 1 aliphatic rings. The summed E-state index contributed by atoms with van der Waals surface area (Å²) in [7, 11) is 0. The number of carbonyl (C=O) groups is 2. The summed E-state index contributed by atoms with van der Waals surface area (Å²) in [5.74, 6) is -2.25. The molecule has 1 heterocycles. The highest BCUT2D eigenvalue weighted by Crippen LogP contribution is 2.30. The normalized spacial score (nSPS) is 20.2. The van der Waals surface area contributed by atoms with Crippen molar-refractivity contribution in [1.29, 1.82) is 0 Å². The Balaban J connectivity index is 2.34. The first-order chi connectivity index (χ1) is 5.93. The minimum atomic E-state index is -1.55. The van der Waals surface area contributed by atoms with Gasteiger partial charge in [0.15, 0.2) is 6.10 Å². The molecule has 7 heteroatoms. The van der Waals surface area contributed by atoms with E-state index >= 15 is 0 Å². The maximum atomic E-state index is 11.0. The van der Waals surface area contributed by atoms with Crippen molar-refractivity contribution in [3.63, 3.8) is 0 Å². The third kappa shape index (κ3) is 2.88. The number of carbonyl (C=O) groups excluding carboxylic acids is 1. The molecule has 1 atom stereocenters. The summed E-state index contributed by atoms with van der Waals surface area (Å²) in [6.07, 6.45) is -2.76. The lowest BCUT2D eigenvalue weighted by atomic mass is 10.4. The maximum Gasteiger partial charge on any atom is 0.506 e. The van der Waals surface area contributed by atoms with Gasteiger partial charge in [-0.3, -0.25) is 0 Å². The molecule has 0 amide bonds. The van der Waals surface area contributed by atoms with E-state index in [4.69, 9.17) is 5.11 Å². The van der Waals surface area contributed by atoms with Crippen LogP contribution in [0, 0.1) is 0 Å². The standard InChI is InChI=1S/C6H8O7/c1-3(10-5(8)9)4(7)11-6(2)12-13-6/h3H,1-2H3,(H,8,9). The Bertz CT molecular complexity index is 231. The van der Waals surface area contributed by atoms with Crippen molar-refractivity contribution in [2.75, 3.05) is 0 Å². The molecular formula is C6H8O7. The summed E-state index contributed by atoms with van der Waals surface area (Å²) in [5, 5.41) is 8.15. The van der Waals surface area contributed by atoms with E-state index in [0.29, 0.717) is 0 Å². The summed E-state index contributed by atoms with van der Waals surface area (Å²) < 4.78 is 8.66. The fraction of sp³-hybridized carbons (Fsp3) is 0.667. The predicted octanol–water partition coefficient (Wildman–Crippen LogP) is 0.248. The van der Waals surface area contributed by atoms with Crippen LogP contribution in [0.1, 0.15) is 13.8 Å². The molecule has 0 aromatic rings. The maximum absolute atomic E-state index is 11.0. The van der Waals surface area contributed by atoms with Crippen LogP contribution >= 0.6 is 0 Å². The molecule has 0 bridgehead atoms. The molecule has 1 rings (SSSR count). The van der Waals surface area contributed by atoms with Crippen molar-refractivity contribution in [3.8, 4) is 0 Å². The first kappa shape index (κ1) is 9.75. The van der Waals surface area contributed by atoms with E-state index < -0.39 is 24.2 Å². The fourth-order valence-corrected chi connectivity index (χ4v) is 0.558. The molecule has 13 heavy (non-hydrogen) atoms. The zero-order chi connectivity index (χ0) is 10.1. The highest BCUT2D eigenvalue weighted by Gasteiger charge is 2.49. The monoisotopic (exact) mass is 192 g/mol. The van der Waals surface area contributed by atoms with Gasteiger partial charge in [0.25, 0.3) is 0 Å². The van der Waals surface area contributed by atoms with Crippen LogP contribution in [0.3, 0.4) is 0 Å². The van der Waals surface area contributed by atoms with E-state index in [1.165, 1.54) is 13.8 Å². The second-order valence-corrected chi connectivity index (χ2v) is 2.48. The van der Waals surface area contributed by atoms with Gasteiger partial charge in [-0.25, -0.2) is 9.59 Å². The number of carboxylic acid groups (broad SMARTS) is 1. The largest absolute Gasteiger partial charge is 0.506 e. The Morgan fingerprint density at radius 2 is 2.00 bits per heavy atom. The lowest BCUT2D eigenvalue weighted by molar-refractivity contribution is -0.169. The van der Waals surface area contributed by atoms with Gasteiger partial charge in [-0.2, -0.15) is 9.78 Å². The van der Waals surface area contributed by atoms with Gasteiger partial charge in [0.05, 0.1) is 0 Å². The third-order valence-corrected chi connectivity index (χ3v) is 1.21. The molecule has 0 saturated carbocycles. The van der Waals surface area contributed by atoms with Gasteiger partial charge < -0.3 is 14.6 Å².